The molecule has 0 aliphatic rings. The molecular formula is C12H18N2O2. The number of aryl methyl sites for hydroxylation is 2. The Morgan fingerprint density at radius 1 is 1.31 bits per heavy atom. The van der Waals surface area contributed by atoms with Crippen molar-refractivity contribution in [3.8, 4) is 5.75 Å². The van der Waals surface area contributed by atoms with E-state index < -0.39 is 11.9 Å². The van der Waals surface area contributed by atoms with Crippen LogP contribution in [-0.2, 0) is 4.79 Å². The van der Waals surface area contributed by atoms with Gasteiger partial charge in [-0.05, 0) is 37.1 Å². The molecular weight excluding hydrogens is 204 g/mol. The molecule has 4 heteroatoms. The summed E-state index contributed by atoms with van der Waals surface area (Å²) in [6, 6.07) is 5.33. The number of nitrogens with two attached hydrogens (primary N) is 2. The fourth-order valence-electron chi connectivity index (χ4n) is 1.46. The average molecular weight is 222 g/mol. The van der Waals surface area contributed by atoms with Crippen molar-refractivity contribution < 1.29 is 9.53 Å². The first-order valence-electron chi connectivity index (χ1n) is 5.25. The molecule has 88 valence electrons. The van der Waals surface area contributed by atoms with Gasteiger partial charge in [0.1, 0.15) is 5.75 Å². The predicted octanol–water partition coefficient (Wildman–Crippen LogP) is 0.885. The molecule has 0 spiro atoms. The summed E-state index contributed by atoms with van der Waals surface area (Å²) in [4.78, 5) is 10.7. The van der Waals surface area contributed by atoms with Crippen LogP contribution in [0.2, 0.25) is 0 Å². The number of amides is 1. The summed E-state index contributed by atoms with van der Waals surface area (Å²) in [5.41, 5.74) is 12.8. The maximum atomic E-state index is 10.7. The highest BCUT2D eigenvalue weighted by Gasteiger charge is 2.08. The maximum absolute atomic E-state index is 10.7. The van der Waals surface area contributed by atoms with Crippen molar-refractivity contribution in [2.75, 3.05) is 6.61 Å². The van der Waals surface area contributed by atoms with Crippen LogP contribution in [0.5, 0.6) is 5.75 Å². The van der Waals surface area contributed by atoms with Crippen LogP contribution in [-0.4, -0.2) is 18.6 Å². The summed E-state index contributed by atoms with van der Waals surface area (Å²) in [5, 5.41) is 0. The minimum atomic E-state index is -0.633. The smallest absolute Gasteiger partial charge is 0.234 e. The van der Waals surface area contributed by atoms with Gasteiger partial charge in [-0.3, -0.25) is 4.79 Å². The van der Waals surface area contributed by atoms with Crippen LogP contribution in [0.3, 0.4) is 0 Å². The molecule has 0 radical (unpaired) electrons. The van der Waals surface area contributed by atoms with Gasteiger partial charge in [-0.25, -0.2) is 0 Å². The van der Waals surface area contributed by atoms with E-state index in [0.29, 0.717) is 13.0 Å². The monoisotopic (exact) mass is 222 g/mol. The topological polar surface area (TPSA) is 78.3 Å². The summed E-state index contributed by atoms with van der Waals surface area (Å²) in [6.07, 6.45) is 0.433. The van der Waals surface area contributed by atoms with E-state index in [1.54, 1.807) is 0 Å². The Balaban J connectivity index is 2.46. The van der Waals surface area contributed by atoms with E-state index in [2.05, 4.69) is 6.07 Å². The number of carbonyl (C=O) groups is 1. The van der Waals surface area contributed by atoms with Gasteiger partial charge in [0.2, 0.25) is 5.91 Å². The minimum absolute atomic E-state index is 0.396. The second-order valence-corrected chi connectivity index (χ2v) is 3.97. The summed E-state index contributed by atoms with van der Waals surface area (Å²) >= 11 is 0. The van der Waals surface area contributed by atoms with Gasteiger partial charge in [-0.15, -0.1) is 0 Å². The van der Waals surface area contributed by atoms with Crippen molar-refractivity contribution in [3.05, 3.63) is 29.3 Å². The molecule has 0 heterocycles. The minimum Gasteiger partial charge on any atom is -0.494 e. The Bertz CT molecular complexity index is 357. The number of carbonyl (C=O) groups excluding carboxylic acids is 1. The molecule has 4 N–H and O–H groups in total. The van der Waals surface area contributed by atoms with Crippen LogP contribution in [0.4, 0.5) is 0 Å². The Labute approximate surface area is 95.6 Å². The lowest BCUT2D eigenvalue weighted by Gasteiger charge is -2.10. The van der Waals surface area contributed by atoms with Gasteiger partial charge in [-0.2, -0.15) is 0 Å². The van der Waals surface area contributed by atoms with Gasteiger partial charge < -0.3 is 16.2 Å². The molecule has 0 saturated carbocycles. The summed E-state index contributed by atoms with van der Waals surface area (Å²) < 4.78 is 5.50. The van der Waals surface area contributed by atoms with E-state index in [0.717, 1.165) is 16.9 Å². The zero-order chi connectivity index (χ0) is 12.1. The third-order valence-electron chi connectivity index (χ3n) is 2.26. The molecule has 0 fully saturated rings. The lowest BCUT2D eigenvalue weighted by Crippen LogP contribution is -2.37. The maximum Gasteiger partial charge on any atom is 0.234 e. The highest BCUT2D eigenvalue weighted by molar-refractivity contribution is 5.79. The van der Waals surface area contributed by atoms with Crippen LogP contribution >= 0.6 is 0 Å². The molecule has 1 rings (SSSR count). The Hall–Kier alpha value is -1.55. The number of ether oxygens (including phenoxy) is 1. The van der Waals surface area contributed by atoms with Crippen molar-refractivity contribution in [2.45, 2.75) is 26.3 Å². The lowest BCUT2D eigenvalue weighted by atomic mass is 10.1. The van der Waals surface area contributed by atoms with Crippen molar-refractivity contribution in [3.63, 3.8) is 0 Å². The van der Waals surface area contributed by atoms with E-state index in [1.165, 1.54) is 0 Å². The van der Waals surface area contributed by atoms with Gasteiger partial charge in [0.05, 0.1) is 12.6 Å². The number of rotatable bonds is 5. The second kappa shape index (κ2) is 5.51. The van der Waals surface area contributed by atoms with Crippen LogP contribution in [0.25, 0.3) is 0 Å². The van der Waals surface area contributed by atoms with Gasteiger partial charge in [-0.1, -0.05) is 6.07 Å². The number of primary amides is 1. The van der Waals surface area contributed by atoms with E-state index in [-0.39, 0.29) is 0 Å². The normalized spacial score (nSPS) is 12.2. The van der Waals surface area contributed by atoms with E-state index in [1.807, 2.05) is 26.0 Å². The van der Waals surface area contributed by atoms with Crippen molar-refractivity contribution in [2.24, 2.45) is 11.5 Å². The van der Waals surface area contributed by atoms with Gasteiger partial charge in [0.15, 0.2) is 0 Å². The molecule has 0 aromatic heterocycles. The molecule has 0 saturated heterocycles. The fourth-order valence-corrected chi connectivity index (χ4v) is 1.46. The Kier molecular flexibility index (Phi) is 4.31. The molecule has 0 bridgehead atoms. The van der Waals surface area contributed by atoms with Crippen LogP contribution < -0.4 is 16.2 Å². The molecule has 1 unspecified atom stereocenters. The fraction of sp³-hybridized carbons (Fsp3) is 0.417. The van der Waals surface area contributed by atoms with Gasteiger partial charge in [0, 0.05) is 6.42 Å². The molecule has 16 heavy (non-hydrogen) atoms. The molecule has 0 aliphatic heterocycles. The first-order chi connectivity index (χ1) is 7.49. The number of hydrogen-bond donors (Lipinski definition) is 2. The highest BCUT2D eigenvalue weighted by atomic mass is 16.5. The largest absolute Gasteiger partial charge is 0.494 e. The Morgan fingerprint density at radius 2 is 1.88 bits per heavy atom. The van der Waals surface area contributed by atoms with E-state index in [4.69, 9.17) is 16.2 Å². The van der Waals surface area contributed by atoms with Crippen molar-refractivity contribution in [1.29, 1.82) is 0 Å². The third-order valence-corrected chi connectivity index (χ3v) is 2.26. The number of hydrogen-bond acceptors (Lipinski definition) is 3. The van der Waals surface area contributed by atoms with Crippen LogP contribution in [0.15, 0.2) is 18.2 Å². The highest BCUT2D eigenvalue weighted by Crippen LogP contribution is 2.16. The summed E-state index contributed by atoms with van der Waals surface area (Å²) in [7, 11) is 0. The van der Waals surface area contributed by atoms with E-state index in [9.17, 15) is 4.79 Å². The van der Waals surface area contributed by atoms with Crippen LogP contribution in [0.1, 0.15) is 17.5 Å². The van der Waals surface area contributed by atoms with Crippen LogP contribution in [0, 0.1) is 13.8 Å². The van der Waals surface area contributed by atoms with Gasteiger partial charge in [0.25, 0.3) is 0 Å². The Morgan fingerprint density at radius 3 is 2.38 bits per heavy atom. The van der Waals surface area contributed by atoms with Crippen molar-refractivity contribution >= 4 is 5.91 Å². The second-order valence-electron chi connectivity index (χ2n) is 3.97. The first-order valence-corrected chi connectivity index (χ1v) is 5.25. The van der Waals surface area contributed by atoms with Crippen molar-refractivity contribution in [1.82, 2.24) is 0 Å². The lowest BCUT2D eigenvalue weighted by molar-refractivity contribution is -0.119. The third kappa shape index (κ3) is 3.90. The molecule has 1 amide bonds. The molecule has 1 atom stereocenters. The average Bonchev–Trinajstić information content (AvgIpc) is 2.15. The number of benzene rings is 1. The first kappa shape index (κ1) is 12.5. The zero-order valence-electron chi connectivity index (χ0n) is 9.69. The quantitative estimate of drug-likeness (QED) is 0.776. The molecule has 0 aliphatic carbocycles. The SMILES string of the molecule is Cc1cc(C)cc(OCCC(N)C(N)=O)c1. The predicted molar refractivity (Wildman–Crippen MR) is 63.2 cm³/mol. The van der Waals surface area contributed by atoms with E-state index >= 15 is 0 Å². The summed E-state index contributed by atoms with van der Waals surface area (Å²) in [6.45, 7) is 4.41. The molecule has 1 aromatic rings. The molecule has 1 aromatic carbocycles. The standard InChI is InChI=1S/C12H18N2O2/c1-8-5-9(2)7-10(6-8)16-4-3-11(13)12(14)15/h5-7,11H,3-4,13H2,1-2H3,(H2,14,15). The summed E-state index contributed by atoms with van der Waals surface area (Å²) in [5.74, 6) is 0.304. The molecule has 4 nitrogen and oxygen atoms in total. The zero-order valence-corrected chi connectivity index (χ0v) is 9.69. The van der Waals surface area contributed by atoms with Gasteiger partial charge >= 0.3 is 0 Å².